The zero-order valence-corrected chi connectivity index (χ0v) is 14.5. The van der Waals surface area contributed by atoms with Crippen molar-refractivity contribution in [3.8, 4) is 0 Å². The molecule has 4 nitrogen and oxygen atoms in total. The molecule has 1 aromatic heterocycles. The number of amides is 1. The predicted octanol–water partition coefficient (Wildman–Crippen LogP) is 4.97. The standard InChI is InChI=1S/C20H18ClN3O/c1-14-5-2-3-6-15(14)11-20(25)24-19-10-9-18(13-22-19)23-17-8-4-7-16(21)12-17/h2-10,12-13,23H,11H2,1H3,(H,22,24,25). The molecule has 0 saturated heterocycles. The lowest BCUT2D eigenvalue weighted by molar-refractivity contribution is -0.115. The maximum absolute atomic E-state index is 12.2. The highest BCUT2D eigenvalue weighted by molar-refractivity contribution is 6.30. The molecule has 25 heavy (non-hydrogen) atoms. The topological polar surface area (TPSA) is 54.0 Å². The first-order chi connectivity index (χ1) is 12.1. The summed E-state index contributed by atoms with van der Waals surface area (Å²) in [6.07, 6.45) is 2.00. The molecule has 0 unspecified atom stereocenters. The Morgan fingerprint density at radius 2 is 1.88 bits per heavy atom. The van der Waals surface area contributed by atoms with Crippen LogP contribution in [-0.2, 0) is 11.2 Å². The third-order valence-electron chi connectivity index (χ3n) is 3.76. The molecule has 0 radical (unpaired) electrons. The minimum Gasteiger partial charge on any atom is -0.354 e. The number of halogens is 1. The number of hydrogen-bond donors (Lipinski definition) is 2. The molecule has 3 rings (SSSR count). The number of hydrogen-bond acceptors (Lipinski definition) is 3. The van der Waals surface area contributed by atoms with Crippen LogP contribution in [0, 0.1) is 6.92 Å². The third-order valence-corrected chi connectivity index (χ3v) is 3.99. The molecule has 0 aliphatic carbocycles. The minimum atomic E-state index is -0.0858. The van der Waals surface area contributed by atoms with Gasteiger partial charge in [-0.3, -0.25) is 4.79 Å². The first-order valence-corrected chi connectivity index (χ1v) is 8.31. The maximum Gasteiger partial charge on any atom is 0.229 e. The van der Waals surface area contributed by atoms with E-state index in [-0.39, 0.29) is 5.91 Å². The molecule has 0 saturated carbocycles. The van der Waals surface area contributed by atoms with Crippen molar-refractivity contribution >= 4 is 34.7 Å². The Balaban J connectivity index is 1.60. The number of nitrogens with zero attached hydrogens (tertiary/aromatic N) is 1. The second kappa shape index (κ2) is 7.81. The summed E-state index contributed by atoms with van der Waals surface area (Å²) < 4.78 is 0. The van der Waals surface area contributed by atoms with Crippen molar-refractivity contribution in [2.24, 2.45) is 0 Å². The molecule has 126 valence electrons. The second-order valence-corrected chi connectivity index (χ2v) is 6.16. The van der Waals surface area contributed by atoms with E-state index in [1.165, 1.54) is 0 Å². The number of benzene rings is 2. The lowest BCUT2D eigenvalue weighted by Gasteiger charge is -2.09. The molecule has 0 spiro atoms. The number of pyridine rings is 1. The molecule has 0 aliphatic heterocycles. The van der Waals surface area contributed by atoms with Gasteiger partial charge in [0.25, 0.3) is 0 Å². The van der Waals surface area contributed by atoms with Gasteiger partial charge in [-0.05, 0) is 48.4 Å². The number of nitrogens with one attached hydrogen (secondary N) is 2. The molecule has 1 amide bonds. The van der Waals surface area contributed by atoms with Crippen molar-refractivity contribution in [3.05, 3.63) is 83.0 Å². The van der Waals surface area contributed by atoms with Gasteiger partial charge in [0.2, 0.25) is 5.91 Å². The fourth-order valence-corrected chi connectivity index (χ4v) is 2.63. The number of carbonyl (C=O) groups is 1. The summed E-state index contributed by atoms with van der Waals surface area (Å²) >= 11 is 5.97. The summed E-state index contributed by atoms with van der Waals surface area (Å²) in [5.41, 5.74) is 3.82. The van der Waals surface area contributed by atoms with E-state index in [4.69, 9.17) is 11.6 Å². The van der Waals surface area contributed by atoms with Gasteiger partial charge in [-0.15, -0.1) is 0 Å². The molecule has 3 aromatic rings. The number of rotatable bonds is 5. The molecule has 0 fully saturated rings. The Kier molecular flexibility index (Phi) is 5.31. The Hall–Kier alpha value is -2.85. The first-order valence-electron chi connectivity index (χ1n) is 7.93. The summed E-state index contributed by atoms with van der Waals surface area (Å²) in [6.45, 7) is 2.00. The molecule has 0 atom stereocenters. The van der Waals surface area contributed by atoms with Crippen LogP contribution in [0.1, 0.15) is 11.1 Å². The monoisotopic (exact) mass is 351 g/mol. The highest BCUT2D eigenvalue weighted by Crippen LogP contribution is 2.20. The van der Waals surface area contributed by atoms with Crippen LogP contribution < -0.4 is 10.6 Å². The van der Waals surface area contributed by atoms with Gasteiger partial charge < -0.3 is 10.6 Å². The SMILES string of the molecule is Cc1ccccc1CC(=O)Nc1ccc(Nc2cccc(Cl)c2)cn1. The van der Waals surface area contributed by atoms with Gasteiger partial charge in [0, 0.05) is 10.7 Å². The Morgan fingerprint density at radius 1 is 1.04 bits per heavy atom. The second-order valence-electron chi connectivity index (χ2n) is 5.72. The average Bonchev–Trinajstić information content (AvgIpc) is 2.59. The first kappa shape index (κ1) is 17.0. The number of aryl methyl sites for hydroxylation is 1. The van der Waals surface area contributed by atoms with Crippen molar-refractivity contribution in [1.82, 2.24) is 4.98 Å². The number of anilines is 3. The van der Waals surface area contributed by atoms with Crippen molar-refractivity contribution in [3.63, 3.8) is 0 Å². The molecule has 0 bridgehead atoms. The van der Waals surface area contributed by atoms with Crippen LogP contribution in [0.25, 0.3) is 0 Å². The van der Waals surface area contributed by atoms with E-state index in [9.17, 15) is 4.79 Å². The molecule has 5 heteroatoms. The van der Waals surface area contributed by atoms with Gasteiger partial charge in [-0.25, -0.2) is 4.98 Å². The van der Waals surface area contributed by atoms with Gasteiger partial charge in [0.15, 0.2) is 0 Å². The van der Waals surface area contributed by atoms with Crippen LogP contribution >= 0.6 is 11.6 Å². The smallest absolute Gasteiger partial charge is 0.229 e. The van der Waals surface area contributed by atoms with Crippen molar-refractivity contribution in [2.75, 3.05) is 10.6 Å². The largest absolute Gasteiger partial charge is 0.354 e. The van der Waals surface area contributed by atoms with Crippen LogP contribution in [0.3, 0.4) is 0 Å². The summed E-state index contributed by atoms with van der Waals surface area (Å²) in [6, 6.07) is 18.9. The Bertz CT molecular complexity index is 878. The van der Waals surface area contributed by atoms with E-state index in [1.54, 1.807) is 12.3 Å². The molecule has 1 heterocycles. The fourth-order valence-electron chi connectivity index (χ4n) is 2.44. The van der Waals surface area contributed by atoms with E-state index >= 15 is 0 Å². The minimum absolute atomic E-state index is 0.0858. The van der Waals surface area contributed by atoms with Crippen molar-refractivity contribution < 1.29 is 4.79 Å². The van der Waals surface area contributed by atoms with Crippen LogP contribution in [0.5, 0.6) is 0 Å². The van der Waals surface area contributed by atoms with Crippen LogP contribution in [0.15, 0.2) is 66.9 Å². The Morgan fingerprint density at radius 3 is 2.60 bits per heavy atom. The Labute approximate surface area is 151 Å². The molecular weight excluding hydrogens is 334 g/mol. The van der Waals surface area contributed by atoms with Crippen LogP contribution in [0.4, 0.5) is 17.2 Å². The van der Waals surface area contributed by atoms with E-state index in [2.05, 4.69) is 15.6 Å². The maximum atomic E-state index is 12.2. The lowest BCUT2D eigenvalue weighted by atomic mass is 10.1. The molecular formula is C20H18ClN3O. The zero-order chi connectivity index (χ0) is 17.6. The fraction of sp³-hybridized carbons (Fsp3) is 0.100. The van der Waals surface area contributed by atoms with Gasteiger partial charge >= 0.3 is 0 Å². The van der Waals surface area contributed by atoms with E-state index in [0.717, 1.165) is 22.5 Å². The zero-order valence-electron chi connectivity index (χ0n) is 13.8. The normalized spacial score (nSPS) is 10.3. The molecule has 2 N–H and O–H groups in total. The third kappa shape index (κ3) is 4.81. The average molecular weight is 352 g/mol. The lowest BCUT2D eigenvalue weighted by Crippen LogP contribution is -2.15. The highest BCUT2D eigenvalue weighted by Gasteiger charge is 2.07. The van der Waals surface area contributed by atoms with E-state index < -0.39 is 0 Å². The van der Waals surface area contributed by atoms with Gasteiger partial charge in [0.05, 0.1) is 18.3 Å². The summed E-state index contributed by atoms with van der Waals surface area (Å²) in [5.74, 6) is 0.438. The summed E-state index contributed by atoms with van der Waals surface area (Å²) in [5, 5.41) is 6.70. The van der Waals surface area contributed by atoms with Gasteiger partial charge in [-0.2, -0.15) is 0 Å². The van der Waals surface area contributed by atoms with Crippen LogP contribution in [0.2, 0.25) is 5.02 Å². The summed E-state index contributed by atoms with van der Waals surface area (Å²) in [4.78, 5) is 16.4. The molecule has 0 aliphatic rings. The highest BCUT2D eigenvalue weighted by atomic mass is 35.5. The molecule has 2 aromatic carbocycles. The van der Waals surface area contributed by atoms with Crippen LogP contribution in [-0.4, -0.2) is 10.9 Å². The van der Waals surface area contributed by atoms with Crippen molar-refractivity contribution in [1.29, 1.82) is 0 Å². The number of aromatic nitrogens is 1. The number of carbonyl (C=O) groups excluding carboxylic acids is 1. The van der Waals surface area contributed by atoms with Gasteiger partial charge in [-0.1, -0.05) is 41.9 Å². The van der Waals surface area contributed by atoms with Crippen molar-refractivity contribution in [2.45, 2.75) is 13.3 Å². The van der Waals surface area contributed by atoms with E-state index in [0.29, 0.717) is 17.3 Å². The van der Waals surface area contributed by atoms with Gasteiger partial charge in [0.1, 0.15) is 5.82 Å². The quantitative estimate of drug-likeness (QED) is 0.682. The summed E-state index contributed by atoms with van der Waals surface area (Å²) in [7, 11) is 0. The van der Waals surface area contributed by atoms with E-state index in [1.807, 2.05) is 61.5 Å². The predicted molar refractivity (Wildman–Crippen MR) is 102 cm³/mol.